The highest BCUT2D eigenvalue weighted by atomic mass is 16.5. The van der Waals surface area contributed by atoms with Crippen LogP contribution in [0.4, 0.5) is 4.79 Å². The third kappa shape index (κ3) is 3.94. The largest absolute Gasteiger partial charge is 0.504 e. The smallest absolute Gasteiger partial charge is 0.338 e. The summed E-state index contributed by atoms with van der Waals surface area (Å²) < 4.78 is 10.3. The Morgan fingerprint density at radius 2 is 1.97 bits per heavy atom. The Hall–Kier alpha value is -3.74. The highest BCUT2D eigenvalue weighted by Crippen LogP contribution is 2.38. The summed E-state index contributed by atoms with van der Waals surface area (Å²) in [6, 6.07) is 11.1. The van der Waals surface area contributed by atoms with Crippen LogP contribution in [0.1, 0.15) is 22.7 Å². The van der Waals surface area contributed by atoms with E-state index in [1.54, 1.807) is 30.3 Å². The summed E-state index contributed by atoms with van der Waals surface area (Å²) >= 11 is 0. The molecule has 0 fully saturated rings. The first-order valence-electron chi connectivity index (χ1n) is 8.96. The summed E-state index contributed by atoms with van der Waals surface area (Å²) in [5.41, 5.74) is 2.41. The van der Waals surface area contributed by atoms with Gasteiger partial charge in [0.15, 0.2) is 11.5 Å². The van der Waals surface area contributed by atoms with Gasteiger partial charge in [0.25, 0.3) is 0 Å². The van der Waals surface area contributed by atoms with Crippen molar-refractivity contribution in [2.75, 3.05) is 14.2 Å². The molecule has 7 heteroatoms. The SMILES string of the molecule is C=CCc1cc(C2NC(=O)NC(c3ccccc3)=C2C(=O)OC)cc(OC)c1O. The zero-order valence-electron chi connectivity index (χ0n) is 16.2. The van der Waals surface area contributed by atoms with Crippen LogP contribution in [0.5, 0.6) is 11.5 Å². The van der Waals surface area contributed by atoms with Gasteiger partial charge >= 0.3 is 12.0 Å². The fraction of sp³-hybridized carbons (Fsp3) is 0.182. The van der Waals surface area contributed by atoms with Crippen LogP contribution in [0.15, 0.2) is 60.7 Å². The Balaban J connectivity index is 2.23. The van der Waals surface area contributed by atoms with Gasteiger partial charge in [-0.1, -0.05) is 36.4 Å². The number of amides is 2. The number of allylic oxidation sites excluding steroid dienone is 1. The average molecular weight is 394 g/mol. The van der Waals surface area contributed by atoms with Gasteiger partial charge in [-0.3, -0.25) is 0 Å². The van der Waals surface area contributed by atoms with Crippen molar-refractivity contribution in [3.8, 4) is 11.5 Å². The predicted molar refractivity (Wildman–Crippen MR) is 108 cm³/mol. The Labute approximate surface area is 168 Å². The van der Waals surface area contributed by atoms with E-state index in [2.05, 4.69) is 17.2 Å². The number of carbonyl (C=O) groups excluding carboxylic acids is 2. The summed E-state index contributed by atoms with van der Waals surface area (Å²) in [6.07, 6.45) is 2.03. The predicted octanol–water partition coefficient (Wildman–Crippen LogP) is 3.07. The van der Waals surface area contributed by atoms with E-state index in [1.807, 2.05) is 18.2 Å². The molecule has 3 rings (SSSR count). The van der Waals surface area contributed by atoms with Crippen molar-refractivity contribution in [1.29, 1.82) is 0 Å². The summed E-state index contributed by atoms with van der Waals surface area (Å²) in [4.78, 5) is 25.1. The fourth-order valence-corrected chi connectivity index (χ4v) is 3.30. The molecule has 0 bridgehead atoms. The summed E-state index contributed by atoms with van der Waals surface area (Å²) in [6.45, 7) is 3.70. The minimum absolute atomic E-state index is 0.0108. The topological polar surface area (TPSA) is 96.9 Å². The number of hydrogen-bond donors (Lipinski definition) is 3. The van der Waals surface area contributed by atoms with Crippen molar-refractivity contribution < 1.29 is 24.2 Å². The van der Waals surface area contributed by atoms with Crippen molar-refractivity contribution in [2.45, 2.75) is 12.5 Å². The first-order valence-corrected chi connectivity index (χ1v) is 8.96. The lowest BCUT2D eigenvalue weighted by Gasteiger charge is -2.30. The number of esters is 1. The summed E-state index contributed by atoms with van der Waals surface area (Å²) in [7, 11) is 2.72. The second-order valence-electron chi connectivity index (χ2n) is 6.40. The Kier molecular flexibility index (Phi) is 5.87. The van der Waals surface area contributed by atoms with E-state index in [-0.39, 0.29) is 17.1 Å². The van der Waals surface area contributed by atoms with Gasteiger partial charge in [-0.15, -0.1) is 6.58 Å². The molecule has 0 saturated heterocycles. The van der Waals surface area contributed by atoms with Gasteiger partial charge in [0, 0.05) is 5.56 Å². The first-order chi connectivity index (χ1) is 14.0. The Bertz CT molecular complexity index is 982. The molecule has 0 radical (unpaired) electrons. The van der Waals surface area contributed by atoms with Crippen molar-refractivity contribution in [2.24, 2.45) is 0 Å². The lowest BCUT2D eigenvalue weighted by atomic mass is 9.91. The van der Waals surface area contributed by atoms with Gasteiger partial charge in [0.2, 0.25) is 0 Å². The molecule has 1 unspecified atom stereocenters. The molecule has 150 valence electrons. The number of phenols is 1. The number of carbonyl (C=O) groups is 2. The van der Waals surface area contributed by atoms with E-state index in [1.165, 1.54) is 14.2 Å². The van der Waals surface area contributed by atoms with E-state index in [0.29, 0.717) is 28.8 Å². The monoisotopic (exact) mass is 394 g/mol. The maximum absolute atomic E-state index is 12.7. The van der Waals surface area contributed by atoms with Gasteiger partial charge in [-0.25, -0.2) is 9.59 Å². The van der Waals surface area contributed by atoms with Crippen LogP contribution in [0.25, 0.3) is 5.70 Å². The average Bonchev–Trinajstić information content (AvgIpc) is 2.74. The molecule has 0 aliphatic carbocycles. The summed E-state index contributed by atoms with van der Waals surface area (Å²) in [5.74, 6) is -0.362. The van der Waals surface area contributed by atoms with Crippen molar-refractivity contribution >= 4 is 17.7 Å². The number of ether oxygens (including phenoxy) is 2. The van der Waals surface area contributed by atoms with Crippen LogP contribution in [0.3, 0.4) is 0 Å². The minimum atomic E-state index is -0.801. The maximum atomic E-state index is 12.7. The van der Waals surface area contributed by atoms with Crippen LogP contribution in [-0.2, 0) is 16.0 Å². The number of methoxy groups -OCH3 is 2. The number of aromatic hydroxyl groups is 1. The van der Waals surface area contributed by atoms with Crippen LogP contribution >= 0.6 is 0 Å². The number of rotatable bonds is 6. The molecular weight excluding hydrogens is 372 g/mol. The van der Waals surface area contributed by atoms with E-state index < -0.39 is 18.0 Å². The molecule has 1 atom stereocenters. The molecule has 2 aromatic rings. The summed E-state index contributed by atoms with van der Waals surface area (Å²) in [5, 5.41) is 15.8. The number of urea groups is 1. The molecular formula is C22H22N2O5. The molecule has 0 aromatic heterocycles. The minimum Gasteiger partial charge on any atom is -0.504 e. The molecule has 0 spiro atoms. The zero-order chi connectivity index (χ0) is 21.0. The van der Waals surface area contributed by atoms with Crippen molar-refractivity contribution in [1.82, 2.24) is 10.6 Å². The van der Waals surface area contributed by atoms with Crippen LogP contribution < -0.4 is 15.4 Å². The highest BCUT2D eigenvalue weighted by molar-refractivity contribution is 6.04. The highest BCUT2D eigenvalue weighted by Gasteiger charge is 2.34. The van der Waals surface area contributed by atoms with Crippen LogP contribution in [0, 0.1) is 0 Å². The molecule has 1 aliphatic heterocycles. The first kappa shape index (κ1) is 20.0. The molecule has 3 N–H and O–H groups in total. The number of nitrogens with one attached hydrogen (secondary N) is 2. The Morgan fingerprint density at radius 1 is 1.24 bits per heavy atom. The number of phenolic OH excluding ortho intramolecular Hbond substituents is 1. The second kappa shape index (κ2) is 8.52. The van der Waals surface area contributed by atoms with Crippen molar-refractivity contribution in [3.05, 3.63) is 77.4 Å². The lowest BCUT2D eigenvalue weighted by Crippen LogP contribution is -2.45. The number of hydrogen-bond acceptors (Lipinski definition) is 5. The lowest BCUT2D eigenvalue weighted by molar-refractivity contribution is -0.136. The number of benzene rings is 2. The zero-order valence-corrected chi connectivity index (χ0v) is 16.2. The third-order valence-electron chi connectivity index (χ3n) is 4.63. The Morgan fingerprint density at radius 3 is 2.59 bits per heavy atom. The molecule has 2 aromatic carbocycles. The van der Waals surface area contributed by atoms with Gasteiger partial charge in [-0.05, 0) is 29.7 Å². The van der Waals surface area contributed by atoms with E-state index in [9.17, 15) is 14.7 Å². The van der Waals surface area contributed by atoms with Crippen LogP contribution in [0.2, 0.25) is 0 Å². The van der Waals surface area contributed by atoms with E-state index >= 15 is 0 Å². The third-order valence-corrected chi connectivity index (χ3v) is 4.63. The van der Waals surface area contributed by atoms with Gasteiger partial charge < -0.3 is 25.2 Å². The maximum Gasteiger partial charge on any atom is 0.338 e. The standard InChI is InChI=1S/C22H22N2O5/c1-4-8-14-11-15(12-16(28-2)20(14)25)19-17(21(26)29-3)18(23-22(27)24-19)13-9-6-5-7-10-13/h4-7,9-12,19,25H,1,8H2,2-3H3,(H2,23,24,27). The molecule has 1 aliphatic rings. The van der Waals surface area contributed by atoms with Gasteiger partial charge in [-0.2, -0.15) is 0 Å². The normalized spacial score (nSPS) is 15.9. The second-order valence-corrected chi connectivity index (χ2v) is 6.40. The quantitative estimate of drug-likeness (QED) is 0.517. The van der Waals surface area contributed by atoms with E-state index in [4.69, 9.17) is 9.47 Å². The van der Waals surface area contributed by atoms with E-state index in [0.717, 1.165) is 0 Å². The molecule has 0 saturated carbocycles. The molecule has 1 heterocycles. The molecule has 7 nitrogen and oxygen atoms in total. The molecule has 2 amide bonds. The van der Waals surface area contributed by atoms with Gasteiger partial charge in [0.1, 0.15) is 0 Å². The molecule has 29 heavy (non-hydrogen) atoms. The van der Waals surface area contributed by atoms with Crippen LogP contribution in [-0.4, -0.2) is 31.3 Å². The van der Waals surface area contributed by atoms with Gasteiger partial charge in [0.05, 0.1) is 31.5 Å². The van der Waals surface area contributed by atoms with Crippen molar-refractivity contribution in [3.63, 3.8) is 0 Å². The fourth-order valence-electron chi connectivity index (χ4n) is 3.30.